The Bertz CT molecular complexity index is 282. The maximum Gasteiger partial charge on any atom is 0.114 e. The summed E-state index contributed by atoms with van der Waals surface area (Å²) < 4.78 is 10.9. The Morgan fingerprint density at radius 3 is 2.71 bits per heavy atom. The average Bonchev–Trinajstić information content (AvgIpc) is 2.86. The summed E-state index contributed by atoms with van der Waals surface area (Å²) in [5.74, 6) is 0. The van der Waals surface area contributed by atoms with Crippen molar-refractivity contribution >= 4 is 0 Å². The first-order valence-electron chi connectivity index (χ1n) is 8.05. The number of aliphatic hydroxyl groups excluding tert-OH is 3. The van der Waals surface area contributed by atoms with Gasteiger partial charge < -0.3 is 24.8 Å². The molecule has 1 aliphatic rings. The first-order chi connectivity index (χ1) is 10.2. The second kappa shape index (κ2) is 11.2. The maximum absolute atomic E-state index is 9.78. The van der Waals surface area contributed by atoms with Gasteiger partial charge in [0.25, 0.3) is 0 Å². The van der Waals surface area contributed by atoms with E-state index in [-0.39, 0.29) is 13.2 Å². The van der Waals surface area contributed by atoms with Gasteiger partial charge in [-0.15, -0.1) is 0 Å². The molecule has 4 atom stereocenters. The fraction of sp³-hybridized carbons (Fsp3) is 0.875. The first kappa shape index (κ1) is 18.6. The number of hydrogen-bond acceptors (Lipinski definition) is 5. The lowest BCUT2D eigenvalue weighted by Crippen LogP contribution is -2.42. The molecule has 1 rings (SSSR count). The van der Waals surface area contributed by atoms with Crippen LogP contribution < -0.4 is 0 Å². The number of rotatable bonds is 11. The fourth-order valence-corrected chi connectivity index (χ4v) is 2.48. The van der Waals surface area contributed by atoms with Crippen LogP contribution in [0.4, 0.5) is 0 Å². The van der Waals surface area contributed by atoms with Gasteiger partial charge in [0.1, 0.15) is 24.4 Å². The molecule has 0 radical (unpaired) electrons. The van der Waals surface area contributed by atoms with Crippen molar-refractivity contribution in [1.29, 1.82) is 0 Å². The molecule has 0 saturated carbocycles. The molecule has 1 heterocycles. The largest absolute Gasteiger partial charge is 0.394 e. The van der Waals surface area contributed by atoms with E-state index >= 15 is 0 Å². The number of allylic oxidation sites excluding steroid dienone is 2. The molecular weight excluding hydrogens is 272 g/mol. The molecule has 5 nitrogen and oxygen atoms in total. The molecule has 0 amide bonds. The number of ether oxygens (including phenoxy) is 2. The van der Waals surface area contributed by atoms with Crippen LogP contribution in [0, 0.1) is 0 Å². The Kier molecular flexibility index (Phi) is 9.87. The van der Waals surface area contributed by atoms with E-state index in [1.807, 2.05) is 0 Å². The molecule has 0 bridgehead atoms. The van der Waals surface area contributed by atoms with Crippen molar-refractivity contribution in [2.75, 3.05) is 19.8 Å². The number of hydrogen-bond donors (Lipinski definition) is 3. The van der Waals surface area contributed by atoms with Crippen LogP contribution in [0.2, 0.25) is 0 Å². The third-order valence-corrected chi connectivity index (χ3v) is 3.71. The summed E-state index contributed by atoms with van der Waals surface area (Å²) in [7, 11) is 0. The third kappa shape index (κ3) is 6.89. The summed E-state index contributed by atoms with van der Waals surface area (Å²) in [6, 6.07) is 0. The third-order valence-electron chi connectivity index (χ3n) is 3.71. The molecule has 0 aliphatic carbocycles. The summed E-state index contributed by atoms with van der Waals surface area (Å²) in [4.78, 5) is 0. The smallest absolute Gasteiger partial charge is 0.114 e. The molecule has 21 heavy (non-hydrogen) atoms. The van der Waals surface area contributed by atoms with Crippen molar-refractivity contribution in [2.45, 2.75) is 69.9 Å². The average molecular weight is 302 g/mol. The molecule has 1 saturated heterocycles. The first-order valence-corrected chi connectivity index (χ1v) is 8.05. The molecule has 3 N–H and O–H groups in total. The van der Waals surface area contributed by atoms with Gasteiger partial charge in [-0.2, -0.15) is 0 Å². The maximum atomic E-state index is 9.78. The Labute approximate surface area is 127 Å². The van der Waals surface area contributed by atoms with E-state index in [0.29, 0.717) is 6.61 Å². The highest BCUT2D eigenvalue weighted by Gasteiger charge is 2.40. The monoisotopic (exact) mass is 302 g/mol. The second-order valence-corrected chi connectivity index (χ2v) is 5.53. The van der Waals surface area contributed by atoms with Crippen LogP contribution in [-0.2, 0) is 9.47 Å². The zero-order valence-corrected chi connectivity index (χ0v) is 13.0. The summed E-state index contributed by atoms with van der Waals surface area (Å²) in [5.41, 5.74) is 0. The normalized spacial score (nSPS) is 27.5. The van der Waals surface area contributed by atoms with Gasteiger partial charge in [0.15, 0.2) is 0 Å². The lowest BCUT2D eigenvalue weighted by molar-refractivity contribution is -0.0938. The van der Waals surface area contributed by atoms with Gasteiger partial charge in [0.2, 0.25) is 0 Å². The molecule has 0 unspecified atom stereocenters. The van der Waals surface area contributed by atoms with E-state index in [0.717, 1.165) is 25.7 Å². The Balaban J connectivity index is 2.09. The van der Waals surface area contributed by atoms with E-state index < -0.39 is 24.4 Å². The zero-order valence-electron chi connectivity index (χ0n) is 13.0. The van der Waals surface area contributed by atoms with Crippen molar-refractivity contribution in [3.8, 4) is 0 Å². The van der Waals surface area contributed by atoms with Crippen LogP contribution in [0.3, 0.4) is 0 Å². The molecular formula is C16H30O5. The van der Waals surface area contributed by atoms with Gasteiger partial charge in [0, 0.05) is 6.61 Å². The molecule has 5 heteroatoms. The van der Waals surface area contributed by atoms with Crippen LogP contribution in [0.5, 0.6) is 0 Å². The minimum Gasteiger partial charge on any atom is -0.394 e. The lowest BCUT2D eigenvalue weighted by Gasteiger charge is -2.23. The van der Waals surface area contributed by atoms with Gasteiger partial charge >= 0.3 is 0 Å². The molecule has 0 aromatic heterocycles. The van der Waals surface area contributed by atoms with Crippen molar-refractivity contribution in [1.82, 2.24) is 0 Å². The van der Waals surface area contributed by atoms with E-state index in [1.165, 1.54) is 12.8 Å². The van der Waals surface area contributed by atoms with E-state index in [2.05, 4.69) is 19.1 Å². The standard InChI is InChI=1S/C16H30O5/c1-2-3-4-5-6-7-8-9-10-20-16-14(19)12-21-15(16)13(18)11-17/h3-4,13-19H,2,5-12H2,1H3/b4-3+/t13-,14+,15-,16-/m0/s1. The SMILES string of the molecule is CC/C=C/CCCCCCO[C@@H]1[C@H]([C@@H](O)CO)OC[C@H]1O. The molecule has 0 aromatic carbocycles. The Morgan fingerprint density at radius 1 is 1.24 bits per heavy atom. The summed E-state index contributed by atoms with van der Waals surface area (Å²) in [5, 5.41) is 28.4. The molecule has 1 aliphatic heterocycles. The topological polar surface area (TPSA) is 79.2 Å². The summed E-state index contributed by atoms with van der Waals surface area (Å²) in [6.07, 6.45) is 8.13. The number of aliphatic hydroxyl groups is 3. The second-order valence-electron chi connectivity index (χ2n) is 5.53. The van der Waals surface area contributed by atoms with E-state index in [1.54, 1.807) is 0 Å². The van der Waals surface area contributed by atoms with E-state index in [4.69, 9.17) is 14.6 Å². The molecule has 124 valence electrons. The van der Waals surface area contributed by atoms with Gasteiger partial charge in [-0.25, -0.2) is 0 Å². The van der Waals surface area contributed by atoms with Crippen LogP contribution in [0.25, 0.3) is 0 Å². The van der Waals surface area contributed by atoms with Crippen LogP contribution in [-0.4, -0.2) is 59.6 Å². The predicted molar refractivity (Wildman–Crippen MR) is 81.1 cm³/mol. The molecule has 1 fully saturated rings. The van der Waals surface area contributed by atoms with Gasteiger partial charge in [-0.1, -0.05) is 31.9 Å². The van der Waals surface area contributed by atoms with Crippen molar-refractivity contribution in [2.24, 2.45) is 0 Å². The minimum absolute atomic E-state index is 0.149. The van der Waals surface area contributed by atoms with Gasteiger partial charge in [0.05, 0.1) is 13.2 Å². The Morgan fingerprint density at radius 2 is 2.00 bits per heavy atom. The number of unbranched alkanes of at least 4 members (excludes halogenated alkanes) is 4. The van der Waals surface area contributed by atoms with E-state index in [9.17, 15) is 10.2 Å². The highest BCUT2D eigenvalue weighted by atomic mass is 16.6. The zero-order chi connectivity index (χ0) is 15.5. The fourth-order valence-electron chi connectivity index (χ4n) is 2.48. The van der Waals surface area contributed by atoms with Crippen LogP contribution in [0.1, 0.15) is 45.4 Å². The van der Waals surface area contributed by atoms with Crippen LogP contribution in [0.15, 0.2) is 12.2 Å². The van der Waals surface area contributed by atoms with Crippen molar-refractivity contribution in [3.63, 3.8) is 0 Å². The summed E-state index contributed by atoms with van der Waals surface area (Å²) >= 11 is 0. The lowest BCUT2D eigenvalue weighted by atomic mass is 10.1. The van der Waals surface area contributed by atoms with Crippen LogP contribution >= 0.6 is 0 Å². The van der Waals surface area contributed by atoms with Gasteiger partial charge in [-0.05, 0) is 25.7 Å². The van der Waals surface area contributed by atoms with Crippen molar-refractivity contribution in [3.05, 3.63) is 12.2 Å². The Hall–Kier alpha value is -0.460. The summed E-state index contributed by atoms with van der Waals surface area (Å²) in [6.45, 7) is 2.44. The highest BCUT2D eigenvalue weighted by molar-refractivity contribution is 4.89. The molecule has 0 spiro atoms. The van der Waals surface area contributed by atoms with Crippen molar-refractivity contribution < 1.29 is 24.8 Å². The molecule has 0 aromatic rings. The van der Waals surface area contributed by atoms with Gasteiger partial charge in [-0.3, -0.25) is 0 Å². The highest BCUT2D eigenvalue weighted by Crippen LogP contribution is 2.21. The quantitative estimate of drug-likeness (QED) is 0.397. The predicted octanol–water partition coefficient (Wildman–Crippen LogP) is 1.40. The minimum atomic E-state index is -1.00.